The first-order valence-corrected chi connectivity index (χ1v) is 7.12. The van der Waals surface area contributed by atoms with Crippen LogP contribution >= 0.6 is 11.6 Å². The van der Waals surface area contributed by atoms with Gasteiger partial charge in [-0.3, -0.25) is 0 Å². The van der Waals surface area contributed by atoms with Gasteiger partial charge in [0.2, 0.25) is 0 Å². The average molecular weight is 268 g/mol. The molecule has 2 aliphatic heterocycles. The number of hydrogen-bond donors (Lipinski definition) is 1. The van der Waals surface area contributed by atoms with Crippen molar-refractivity contribution in [2.45, 2.75) is 56.8 Å². The fourth-order valence-electron chi connectivity index (χ4n) is 3.47. The van der Waals surface area contributed by atoms with E-state index in [0.29, 0.717) is 36.4 Å². The summed E-state index contributed by atoms with van der Waals surface area (Å²) in [5.41, 5.74) is 1.00. The molecule has 0 aromatic heterocycles. The number of fused-ring (bicyclic) bond motifs is 2. The molecule has 2 atom stereocenters. The highest BCUT2D eigenvalue weighted by Gasteiger charge is 2.44. The van der Waals surface area contributed by atoms with E-state index in [2.05, 4.69) is 5.32 Å². The minimum Gasteiger partial charge on any atom is -0.311 e. The van der Waals surface area contributed by atoms with Gasteiger partial charge in [0.05, 0.1) is 0 Å². The second-order valence-corrected chi connectivity index (χ2v) is 6.38. The summed E-state index contributed by atoms with van der Waals surface area (Å²) in [7, 11) is 0. The molecule has 0 aliphatic carbocycles. The summed E-state index contributed by atoms with van der Waals surface area (Å²) >= 11 is 6.22. The van der Waals surface area contributed by atoms with Crippen LogP contribution < -0.4 is 5.32 Å². The van der Waals surface area contributed by atoms with Crippen LogP contribution in [0, 0.1) is 6.92 Å². The maximum atomic E-state index is 15.0. The molecule has 1 N–H and O–H groups in total. The summed E-state index contributed by atoms with van der Waals surface area (Å²) < 4.78 is 15.0. The smallest absolute Gasteiger partial charge is 0.118 e. The molecule has 0 radical (unpaired) electrons. The van der Waals surface area contributed by atoms with Gasteiger partial charge in [0, 0.05) is 23.5 Å². The van der Waals surface area contributed by atoms with Crippen molar-refractivity contribution in [2.75, 3.05) is 0 Å². The Morgan fingerprint density at radius 2 is 2.00 bits per heavy atom. The number of piperidine rings is 1. The zero-order valence-electron chi connectivity index (χ0n) is 10.7. The molecule has 2 fully saturated rings. The van der Waals surface area contributed by atoms with Crippen molar-refractivity contribution in [1.82, 2.24) is 5.32 Å². The maximum Gasteiger partial charge on any atom is 0.118 e. The van der Waals surface area contributed by atoms with Crippen LogP contribution in [0.2, 0.25) is 5.02 Å². The van der Waals surface area contributed by atoms with E-state index in [9.17, 15) is 4.39 Å². The van der Waals surface area contributed by atoms with Crippen molar-refractivity contribution >= 4 is 11.6 Å². The highest BCUT2D eigenvalue weighted by Crippen LogP contribution is 2.39. The lowest BCUT2D eigenvalue weighted by Crippen LogP contribution is -2.47. The standard InChI is InChI=1S/C15H19ClFN/c1-10-2-3-11(14(16)6-10)7-15(17)8-12-4-5-13(9-15)18-12/h2-3,6,12-13,18H,4-5,7-9H2,1H3. The third-order valence-corrected chi connectivity index (χ3v) is 4.63. The van der Waals surface area contributed by atoms with Crippen LogP contribution in [-0.2, 0) is 6.42 Å². The van der Waals surface area contributed by atoms with E-state index in [4.69, 9.17) is 11.6 Å². The normalized spacial score (nSPS) is 34.8. The molecule has 2 heterocycles. The Kier molecular flexibility index (Phi) is 3.11. The van der Waals surface area contributed by atoms with Gasteiger partial charge < -0.3 is 5.32 Å². The zero-order valence-corrected chi connectivity index (χ0v) is 11.4. The van der Waals surface area contributed by atoms with Gasteiger partial charge in [-0.25, -0.2) is 4.39 Å². The summed E-state index contributed by atoms with van der Waals surface area (Å²) in [5.74, 6) is 0. The van der Waals surface area contributed by atoms with Gasteiger partial charge in [-0.1, -0.05) is 23.7 Å². The van der Waals surface area contributed by atoms with Gasteiger partial charge in [-0.2, -0.15) is 0 Å². The Balaban J connectivity index is 1.79. The van der Waals surface area contributed by atoms with Gasteiger partial charge in [0.1, 0.15) is 5.67 Å². The van der Waals surface area contributed by atoms with Gasteiger partial charge in [-0.05, 0) is 49.8 Å². The highest BCUT2D eigenvalue weighted by molar-refractivity contribution is 6.31. The molecule has 0 saturated carbocycles. The van der Waals surface area contributed by atoms with E-state index in [1.165, 1.54) is 0 Å². The van der Waals surface area contributed by atoms with Crippen LogP contribution in [-0.4, -0.2) is 17.8 Å². The Hall–Kier alpha value is -0.600. The number of halogens is 2. The number of alkyl halides is 1. The molecule has 1 aromatic carbocycles. The van der Waals surface area contributed by atoms with E-state index in [1.807, 2.05) is 25.1 Å². The Morgan fingerprint density at radius 3 is 2.61 bits per heavy atom. The van der Waals surface area contributed by atoms with Crippen LogP contribution in [0.3, 0.4) is 0 Å². The molecule has 1 nitrogen and oxygen atoms in total. The average Bonchev–Trinajstić information content (AvgIpc) is 2.63. The minimum absolute atomic E-state index is 0.373. The van der Waals surface area contributed by atoms with E-state index in [0.717, 1.165) is 24.0 Å². The lowest BCUT2D eigenvalue weighted by molar-refractivity contribution is 0.0894. The number of nitrogens with one attached hydrogen (secondary N) is 1. The van der Waals surface area contributed by atoms with Crippen LogP contribution in [0.4, 0.5) is 4.39 Å². The third-order valence-electron chi connectivity index (χ3n) is 4.28. The third kappa shape index (κ3) is 2.41. The van der Waals surface area contributed by atoms with Crippen LogP contribution in [0.25, 0.3) is 0 Å². The predicted octanol–water partition coefficient (Wildman–Crippen LogP) is 3.81. The molecule has 3 rings (SSSR count). The fraction of sp³-hybridized carbons (Fsp3) is 0.600. The molecule has 0 amide bonds. The molecule has 0 spiro atoms. The van der Waals surface area contributed by atoms with Crippen molar-refractivity contribution in [1.29, 1.82) is 0 Å². The summed E-state index contributed by atoms with van der Waals surface area (Å²) in [6, 6.07) is 6.66. The first kappa shape index (κ1) is 12.4. The number of benzene rings is 1. The monoisotopic (exact) mass is 267 g/mol. The van der Waals surface area contributed by atoms with E-state index in [-0.39, 0.29) is 0 Å². The Labute approximate surface area is 113 Å². The van der Waals surface area contributed by atoms with E-state index < -0.39 is 5.67 Å². The Bertz CT molecular complexity index is 448. The first-order chi connectivity index (χ1) is 8.54. The molecule has 2 saturated heterocycles. The molecule has 18 heavy (non-hydrogen) atoms. The fourth-order valence-corrected chi connectivity index (χ4v) is 3.77. The van der Waals surface area contributed by atoms with E-state index in [1.54, 1.807) is 0 Å². The summed E-state index contributed by atoms with van der Waals surface area (Å²) in [4.78, 5) is 0. The highest BCUT2D eigenvalue weighted by atomic mass is 35.5. The molecular weight excluding hydrogens is 249 g/mol. The largest absolute Gasteiger partial charge is 0.311 e. The van der Waals surface area contributed by atoms with Crippen LogP contribution in [0.15, 0.2) is 18.2 Å². The van der Waals surface area contributed by atoms with Crippen LogP contribution in [0.5, 0.6) is 0 Å². The maximum absolute atomic E-state index is 15.0. The van der Waals surface area contributed by atoms with Gasteiger partial charge in [-0.15, -0.1) is 0 Å². The van der Waals surface area contributed by atoms with Crippen molar-refractivity contribution < 1.29 is 4.39 Å². The minimum atomic E-state index is -1.07. The Morgan fingerprint density at radius 1 is 1.33 bits per heavy atom. The second kappa shape index (κ2) is 4.50. The SMILES string of the molecule is Cc1ccc(CC2(F)CC3CCC(C2)N3)c(Cl)c1. The molecule has 2 aliphatic rings. The predicted molar refractivity (Wildman–Crippen MR) is 72.9 cm³/mol. The lowest BCUT2D eigenvalue weighted by Gasteiger charge is -2.35. The molecular formula is C15H19ClFN. The first-order valence-electron chi connectivity index (χ1n) is 6.74. The van der Waals surface area contributed by atoms with Gasteiger partial charge in [0.15, 0.2) is 0 Å². The molecule has 2 unspecified atom stereocenters. The van der Waals surface area contributed by atoms with Crippen molar-refractivity contribution in [3.8, 4) is 0 Å². The molecule has 1 aromatic rings. The van der Waals surface area contributed by atoms with Gasteiger partial charge >= 0.3 is 0 Å². The van der Waals surface area contributed by atoms with Crippen LogP contribution in [0.1, 0.15) is 36.8 Å². The number of rotatable bonds is 2. The molecule has 98 valence electrons. The number of hydrogen-bond acceptors (Lipinski definition) is 1. The summed E-state index contributed by atoms with van der Waals surface area (Å²) in [5, 5.41) is 4.19. The lowest BCUT2D eigenvalue weighted by atomic mass is 9.84. The summed E-state index contributed by atoms with van der Waals surface area (Å²) in [6.07, 6.45) is 3.97. The second-order valence-electron chi connectivity index (χ2n) is 5.97. The zero-order chi connectivity index (χ0) is 12.8. The van der Waals surface area contributed by atoms with Crippen molar-refractivity contribution in [3.63, 3.8) is 0 Å². The van der Waals surface area contributed by atoms with E-state index >= 15 is 0 Å². The van der Waals surface area contributed by atoms with Gasteiger partial charge in [0.25, 0.3) is 0 Å². The molecule has 3 heteroatoms. The number of aryl methyl sites for hydroxylation is 1. The van der Waals surface area contributed by atoms with Crippen molar-refractivity contribution in [2.24, 2.45) is 0 Å². The topological polar surface area (TPSA) is 12.0 Å². The quantitative estimate of drug-likeness (QED) is 0.859. The molecule has 2 bridgehead atoms. The summed E-state index contributed by atoms with van der Waals surface area (Å²) in [6.45, 7) is 2.01. The van der Waals surface area contributed by atoms with Crippen molar-refractivity contribution in [3.05, 3.63) is 34.3 Å².